The Morgan fingerprint density at radius 2 is 1.83 bits per heavy atom. The molecule has 0 saturated carbocycles. The largest absolute Gasteiger partial charge is 0.380 e. The third kappa shape index (κ3) is 4.32. The van der Waals surface area contributed by atoms with Crippen LogP contribution in [0.25, 0.3) is 11.1 Å². The molecule has 3 nitrogen and oxygen atoms in total. The van der Waals surface area contributed by atoms with E-state index in [1.54, 1.807) is 7.11 Å². The van der Waals surface area contributed by atoms with E-state index in [4.69, 9.17) is 4.74 Å². The number of nitrogens with zero attached hydrogens (tertiary/aromatic N) is 1. The van der Waals surface area contributed by atoms with E-state index >= 15 is 0 Å². The Morgan fingerprint density at radius 1 is 1.13 bits per heavy atom. The summed E-state index contributed by atoms with van der Waals surface area (Å²) in [6.45, 7) is 5.08. The van der Waals surface area contributed by atoms with Gasteiger partial charge in [-0.25, -0.2) is 0 Å². The summed E-state index contributed by atoms with van der Waals surface area (Å²) in [5.41, 5.74) is 4.33. The van der Waals surface area contributed by atoms with Gasteiger partial charge in [0, 0.05) is 29.3 Å². The molecule has 0 unspecified atom stereocenters. The van der Waals surface area contributed by atoms with Gasteiger partial charge >= 0.3 is 0 Å². The number of benzene rings is 2. The van der Waals surface area contributed by atoms with Gasteiger partial charge in [-0.2, -0.15) is 0 Å². The van der Waals surface area contributed by atoms with Crippen LogP contribution in [-0.4, -0.2) is 19.6 Å². The van der Waals surface area contributed by atoms with Gasteiger partial charge in [-0.05, 0) is 70.5 Å². The molecule has 0 N–H and O–H groups in total. The molecule has 2 aromatic carbocycles. The topological polar surface area (TPSA) is 29.5 Å². The highest BCUT2D eigenvalue weighted by Crippen LogP contribution is 2.29. The van der Waals surface area contributed by atoms with Gasteiger partial charge in [0.05, 0.1) is 6.61 Å². The Kier molecular flexibility index (Phi) is 6.59. The summed E-state index contributed by atoms with van der Waals surface area (Å²) in [7, 11) is 1.69. The first-order valence-electron chi connectivity index (χ1n) is 7.78. The molecule has 0 spiro atoms. The van der Waals surface area contributed by atoms with Gasteiger partial charge in [0.25, 0.3) is 0 Å². The van der Waals surface area contributed by atoms with E-state index in [9.17, 15) is 4.79 Å². The molecule has 122 valence electrons. The first-order chi connectivity index (χ1) is 11.1. The lowest BCUT2D eigenvalue weighted by molar-refractivity contribution is -0.118. The first kappa shape index (κ1) is 17.9. The van der Waals surface area contributed by atoms with E-state index < -0.39 is 0 Å². The predicted octanol–water partition coefficient (Wildman–Crippen LogP) is 4.87. The average Bonchev–Trinajstić information content (AvgIpc) is 2.57. The lowest BCUT2D eigenvalue weighted by Crippen LogP contribution is -2.29. The maximum atomic E-state index is 12.1. The molecule has 2 rings (SSSR count). The van der Waals surface area contributed by atoms with Crippen LogP contribution in [0.1, 0.15) is 25.8 Å². The predicted molar refractivity (Wildman–Crippen MR) is 104 cm³/mol. The molecular weight excluding hydrogens is 401 g/mol. The Balaban J connectivity index is 2.45. The fourth-order valence-electron chi connectivity index (χ4n) is 2.63. The molecule has 0 radical (unpaired) electrons. The Morgan fingerprint density at radius 3 is 2.39 bits per heavy atom. The van der Waals surface area contributed by atoms with Gasteiger partial charge < -0.3 is 9.64 Å². The molecule has 0 saturated heterocycles. The molecule has 0 aliphatic rings. The number of halogens is 1. The van der Waals surface area contributed by atoms with Crippen LogP contribution in [0.4, 0.5) is 5.69 Å². The van der Waals surface area contributed by atoms with Crippen LogP contribution >= 0.6 is 22.6 Å². The standard InChI is InChI=1S/C19H22INO2/c1-4-19(22)21(5-2)17-10-11-18(15(12-17)13-23-3)14-6-8-16(20)9-7-14/h6-12H,4-5,13H2,1-3H3. The maximum Gasteiger partial charge on any atom is 0.226 e. The second-order valence-corrected chi connectivity index (χ2v) is 6.52. The number of amides is 1. The van der Waals surface area contributed by atoms with E-state index in [1.165, 1.54) is 3.57 Å². The minimum Gasteiger partial charge on any atom is -0.380 e. The molecule has 0 aliphatic heterocycles. The maximum absolute atomic E-state index is 12.1. The van der Waals surface area contributed by atoms with Crippen LogP contribution in [-0.2, 0) is 16.1 Å². The van der Waals surface area contributed by atoms with Crippen LogP contribution in [0.15, 0.2) is 42.5 Å². The van der Waals surface area contributed by atoms with E-state index in [-0.39, 0.29) is 5.91 Å². The van der Waals surface area contributed by atoms with Crippen molar-refractivity contribution in [1.82, 2.24) is 0 Å². The van der Waals surface area contributed by atoms with Crippen LogP contribution < -0.4 is 4.90 Å². The van der Waals surface area contributed by atoms with Crippen molar-refractivity contribution in [2.24, 2.45) is 0 Å². The van der Waals surface area contributed by atoms with Crippen molar-refractivity contribution in [3.63, 3.8) is 0 Å². The number of rotatable bonds is 6. The molecule has 0 atom stereocenters. The Hall–Kier alpha value is -1.40. The number of carbonyl (C=O) groups is 1. The van der Waals surface area contributed by atoms with Crippen molar-refractivity contribution < 1.29 is 9.53 Å². The van der Waals surface area contributed by atoms with Gasteiger partial charge in [0.2, 0.25) is 5.91 Å². The molecule has 0 fully saturated rings. The first-order valence-corrected chi connectivity index (χ1v) is 8.86. The molecule has 0 aromatic heterocycles. The van der Waals surface area contributed by atoms with Gasteiger partial charge in [0.15, 0.2) is 0 Å². The van der Waals surface area contributed by atoms with E-state index in [2.05, 4.69) is 59.0 Å². The number of ether oxygens (including phenoxy) is 1. The summed E-state index contributed by atoms with van der Waals surface area (Å²) in [6.07, 6.45) is 0.506. The van der Waals surface area contributed by atoms with Crippen molar-refractivity contribution in [1.29, 1.82) is 0 Å². The van der Waals surface area contributed by atoms with E-state index in [1.807, 2.05) is 24.8 Å². The monoisotopic (exact) mass is 423 g/mol. The highest BCUT2D eigenvalue weighted by atomic mass is 127. The van der Waals surface area contributed by atoms with Crippen molar-refractivity contribution in [2.75, 3.05) is 18.6 Å². The van der Waals surface area contributed by atoms with Crippen molar-refractivity contribution in [2.45, 2.75) is 26.9 Å². The van der Waals surface area contributed by atoms with Gasteiger partial charge in [0.1, 0.15) is 0 Å². The zero-order valence-corrected chi connectivity index (χ0v) is 16.0. The van der Waals surface area contributed by atoms with Crippen molar-refractivity contribution in [3.05, 3.63) is 51.6 Å². The highest BCUT2D eigenvalue weighted by Gasteiger charge is 2.14. The van der Waals surface area contributed by atoms with Crippen LogP contribution in [0.3, 0.4) is 0 Å². The average molecular weight is 423 g/mol. The normalized spacial score (nSPS) is 10.6. The number of anilines is 1. The molecule has 23 heavy (non-hydrogen) atoms. The van der Waals surface area contributed by atoms with Gasteiger partial charge in [-0.1, -0.05) is 25.1 Å². The van der Waals surface area contributed by atoms with Gasteiger partial charge in [-0.15, -0.1) is 0 Å². The fraction of sp³-hybridized carbons (Fsp3) is 0.316. The van der Waals surface area contributed by atoms with Crippen molar-refractivity contribution >= 4 is 34.2 Å². The third-order valence-electron chi connectivity index (χ3n) is 3.78. The molecule has 0 heterocycles. The zero-order chi connectivity index (χ0) is 16.8. The SMILES string of the molecule is CCC(=O)N(CC)c1ccc(-c2ccc(I)cc2)c(COC)c1. The number of carbonyl (C=O) groups excluding carboxylic acids is 1. The van der Waals surface area contributed by atoms with Crippen molar-refractivity contribution in [3.8, 4) is 11.1 Å². The highest BCUT2D eigenvalue weighted by molar-refractivity contribution is 14.1. The lowest BCUT2D eigenvalue weighted by Gasteiger charge is -2.22. The molecule has 4 heteroatoms. The number of hydrogen-bond donors (Lipinski definition) is 0. The fourth-order valence-corrected chi connectivity index (χ4v) is 2.99. The zero-order valence-electron chi connectivity index (χ0n) is 13.8. The summed E-state index contributed by atoms with van der Waals surface area (Å²) in [5.74, 6) is 0.137. The lowest BCUT2D eigenvalue weighted by atomic mass is 9.99. The summed E-state index contributed by atoms with van der Waals surface area (Å²) < 4.78 is 6.57. The summed E-state index contributed by atoms with van der Waals surface area (Å²) in [4.78, 5) is 13.9. The van der Waals surface area contributed by atoms with Crippen LogP contribution in [0.2, 0.25) is 0 Å². The Bertz CT molecular complexity index is 668. The molecule has 1 amide bonds. The molecule has 0 aliphatic carbocycles. The second-order valence-electron chi connectivity index (χ2n) is 5.27. The summed E-state index contributed by atoms with van der Waals surface area (Å²) >= 11 is 2.30. The second kappa shape index (κ2) is 8.45. The molecule has 2 aromatic rings. The van der Waals surface area contributed by atoms with E-state index in [0.29, 0.717) is 19.6 Å². The summed E-state index contributed by atoms with van der Waals surface area (Å²) in [6, 6.07) is 14.6. The minimum absolute atomic E-state index is 0.137. The molecule has 0 bridgehead atoms. The summed E-state index contributed by atoms with van der Waals surface area (Å²) in [5, 5.41) is 0. The number of methoxy groups -OCH3 is 1. The van der Waals surface area contributed by atoms with Crippen LogP contribution in [0.5, 0.6) is 0 Å². The van der Waals surface area contributed by atoms with Crippen LogP contribution in [0, 0.1) is 3.57 Å². The van der Waals surface area contributed by atoms with E-state index in [0.717, 1.165) is 22.4 Å². The Labute approximate surface area is 151 Å². The quantitative estimate of drug-likeness (QED) is 0.621. The van der Waals surface area contributed by atoms with Gasteiger partial charge in [-0.3, -0.25) is 4.79 Å². The molecular formula is C19H22INO2. The third-order valence-corrected chi connectivity index (χ3v) is 4.49. The number of hydrogen-bond acceptors (Lipinski definition) is 2. The minimum atomic E-state index is 0.137. The smallest absolute Gasteiger partial charge is 0.226 e.